The van der Waals surface area contributed by atoms with E-state index in [-0.39, 0.29) is 5.91 Å². The number of rotatable bonds is 3. The van der Waals surface area contributed by atoms with Crippen LogP contribution in [0.1, 0.15) is 25.7 Å². The van der Waals surface area contributed by atoms with Gasteiger partial charge >= 0.3 is 0 Å². The van der Waals surface area contributed by atoms with Gasteiger partial charge in [-0.25, -0.2) is 0 Å². The molecular weight excluding hydrogens is 304 g/mol. The molecule has 1 aromatic heterocycles. The third-order valence-corrected chi connectivity index (χ3v) is 7.40. The molecule has 1 amide bonds. The lowest BCUT2D eigenvalue weighted by molar-refractivity contribution is -0.127. The number of nitrogens with two attached hydrogens (primary N) is 1. The first-order valence-electron chi connectivity index (χ1n) is 7.70. The maximum Gasteiger partial charge on any atom is 0.233 e. The number of hydrogen-bond donors (Lipinski definition) is 1. The lowest BCUT2D eigenvalue weighted by Crippen LogP contribution is -2.38. The summed E-state index contributed by atoms with van der Waals surface area (Å²) >= 11 is 2.81. The molecule has 0 spiro atoms. The van der Waals surface area contributed by atoms with Crippen LogP contribution in [0.3, 0.4) is 0 Å². The smallest absolute Gasteiger partial charge is 0.233 e. The minimum Gasteiger partial charge on any atom is -0.374 e. The highest BCUT2D eigenvalue weighted by molar-refractivity contribution is 8.01. The Kier molecular flexibility index (Phi) is 3.57. The normalized spacial score (nSPS) is 34.2. The summed E-state index contributed by atoms with van der Waals surface area (Å²) in [6, 6.07) is 0. The van der Waals surface area contributed by atoms with E-state index in [0.29, 0.717) is 10.9 Å². The van der Waals surface area contributed by atoms with Gasteiger partial charge in [-0.1, -0.05) is 23.1 Å². The van der Waals surface area contributed by atoms with Crippen molar-refractivity contribution in [2.45, 2.75) is 30.0 Å². The number of thioether (sulfide) groups is 1. The molecule has 21 heavy (non-hydrogen) atoms. The van der Waals surface area contributed by atoms with Crippen molar-refractivity contribution in [3.8, 4) is 0 Å². The standard InChI is InChI=1S/C14H20N4OS2/c15-13-16-17-14(21-13)20-7-12(19)18-5-10-8-1-2-9(4-3-8)11(10)6-18/h8-11H,1-7H2,(H2,15,16)/t8?,9?,10-,11+. The zero-order valence-electron chi connectivity index (χ0n) is 11.9. The fourth-order valence-corrected chi connectivity index (χ4v) is 6.09. The molecule has 5 nitrogen and oxygen atoms in total. The van der Waals surface area contributed by atoms with E-state index in [1.807, 2.05) is 0 Å². The molecule has 0 aromatic carbocycles. The lowest BCUT2D eigenvalue weighted by atomic mass is 9.60. The first-order valence-corrected chi connectivity index (χ1v) is 9.50. The monoisotopic (exact) mass is 324 g/mol. The molecule has 4 fully saturated rings. The molecule has 3 aliphatic carbocycles. The highest BCUT2D eigenvalue weighted by Crippen LogP contribution is 2.51. The molecule has 0 radical (unpaired) electrons. The van der Waals surface area contributed by atoms with E-state index in [1.54, 1.807) is 0 Å². The van der Waals surface area contributed by atoms with Crippen molar-refractivity contribution in [3.05, 3.63) is 0 Å². The van der Waals surface area contributed by atoms with E-state index in [2.05, 4.69) is 15.1 Å². The number of nitrogens with zero attached hydrogens (tertiary/aromatic N) is 3. The summed E-state index contributed by atoms with van der Waals surface area (Å²) < 4.78 is 0.789. The Morgan fingerprint density at radius 1 is 1.19 bits per heavy atom. The molecule has 2 bridgehead atoms. The Labute approximate surface area is 132 Å². The van der Waals surface area contributed by atoms with Gasteiger partial charge < -0.3 is 10.6 Å². The SMILES string of the molecule is Nc1nnc(SCC(=O)N2C[C@@H]3C4CCC(CC4)[C@@H]3C2)s1. The van der Waals surface area contributed by atoms with Crippen LogP contribution in [0.25, 0.3) is 0 Å². The number of nitrogen functional groups attached to an aromatic ring is 1. The van der Waals surface area contributed by atoms with Gasteiger partial charge in [-0.3, -0.25) is 4.79 Å². The molecule has 2 heterocycles. The second-order valence-electron chi connectivity index (χ2n) is 6.50. The van der Waals surface area contributed by atoms with Crippen molar-refractivity contribution in [2.75, 3.05) is 24.6 Å². The summed E-state index contributed by atoms with van der Waals surface area (Å²) in [5.41, 5.74) is 5.56. The summed E-state index contributed by atoms with van der Waals surface area (Å²) in [7, 11) is 0. The molecule has 7 heteroatoms. The van der Waals surface area contributed by atoms with Crippen LogP contribution in [-0.2, 0) is 4.79 Å². The average Bonchev–Trinajstić information content (AvgIpc) is 3.13. The summed E-state index contributed by atoms with van der Waals surface area (Å²) in [5.74, 6) is 4.04. The maximum absolute atomic E-state index is 12.4. The number of carbonyl (C=O) groups is 1. The van der Waals surface area contributed by atoms with Crippen LogP contribution < -0.4 is 5.73 Å². The Morgan fingerprint density at radius 3 is 2.33 bits per heavy atom. The fraction of sp³-hybridized carbons (Fsp3) is 0.786. The van der Waals surface area contributed by atoms with Gasteiger partial charge in [0.25, 0.3) is 0 Å². The van der Waals surface area contributed by atoms with Crippen LogP contribution in [0.5, 0.6) is 0 Å². The van der Waals surface area contributed by atoms with E-state index >= 15 is 0 Å². The maximum atomic E-state index is 12.4. The molecule has 3 saturated carbocycles. The molecule has 2 N–H and O–H groups in total. The number of hydrogen-bond acceptors (Lipinski definition) is 6. The number of anilines is 1. The van der Waals surface area contributed by atoms with Crippen LogP contribution in [0.15, 0.2) is 4.34 Å². The van der Waals surface area contributed by atoms with Crippen LogP contribution in [0.4, 0.5) is 5.13 Å². The van der Waals surface area contributed by atoms with Gasteiger partial charge in [0.05, 0.1) is 5.75 Å². The van der Waals surface area contributed by atoms with E-state index < -0.39 is 0 Å². The van der Waals surface area contributed by atoms with Crippen LogP contribution in [-0.4, -0.2) is 39.8 Å². The van der Waals surface area contributed by atoms with Gasteiger partial charge in [0.2, 0.25) is 11.0 Å². The van der Waals surface area contributed by atoms with Gasteiger partial charge in [0, 0.05) is 13.1 Å². The van der Waals surface area contributed by atoms with Gasteiger partial charge in [-0.15, -0.1) is 10.2 Å². The highest BCUT2D eigenvalue weighted by Gasteiger charge is 2.48. The quantitative estimate of drug-likeness (QED) is 0.862. The predicted octanol–water partition coefficient (Wildman–Crippen LogP) is 2.11. The molecule has 5 rings (SSSR count). The number of carbonyl (C=O) groups excluding carboxylic acids is 1. The van der Waals surface area contributed by atoms with E-state index in [4.69, 9.17) is 5.73 Å². The summed E-state index contributed by atoms with van der Waals surface area (Å²) in [5, 5.41) is 8.20. The minimum atomic E-state index is 0.252. The molecule has 1 aromatic rings. The van der Waals surface area contributed by atoms with Crippen molar-refractivity contribution < 1.29 is 4.79 Å². The Morgan fingerprint density at radius 2 is 1.81 bits per heavy atom. The summed E-state index contributed by atoms with van der Waals surface area (Å²) in [6.07, 6.45) is 5.58. The topological polar surface area (TPSA) is 72.1 Å². The zero-order chi connectivity index (χ0) is 14.4. The first kappa shape index (κ1) is 13.8. The molecular formula is C14H20N4OS2. The number of aromatic nitrogens is 2. The van der Waals surface area contributed by atoms with Crippen LogP contribution in [0, 0.1) is 23.7 Å². The lowest BCUT2D eigenvalue weighted by Gasteiger charge is -2.44. The van der Waals surface area contributed by atoms with Gasteiger partial charge in [0.1, 0.15) is 0 Å². The number of fused-ring (bicyclic) bond motifs is 2. The van der Waals surface area contributed by atoms with Crippen molar-refractivity contribution >= 4 is 34.1 Å². The largest absolute Gasteiger partial charge is 0.374 e. The van der Waals surface area contributed by atoms with Crippen molar-refractivity contribution in [3.63, 3.8) is 0 Å². The second-order valence-corrected chi connectivity index (χ2v) is 8.73. The molecule has 114 valence electrons. The van der Waals surface area contributed by atoms with Gasteiger partial charge in [0.15, 0.2) is 4.34 Å². The number of amides is 1. The fourth-order valence-electron chi connectivity index (χ4n) is 4.55. The highest BCUT2D eigenvalue weighted by atomic mass is 32.2. The van der Waals surface area contributed by atoms with E-state index in [0.717, 1.165) is 41.1 Å². The van der Waals surface area contributed by atoms with Crippen molar-refractivity contribution in [1.29, 1.82) is 0 Å². The van der Waals surface area contributed by atoms with Gasteiger partial charge in [-0.05, 0) is 49.4 Å². The van der Waals surface area contributed by atoms with Gasteiger partial charge in [-0.2, -0.15) is 0 Å². The Hall–Kier alpha value is -0.820. The predicted molar refractivity (Wildman–Crippen MR) is 84.1 cm³/mol. The molecule has 2 atom stereocenters. The third-order valence-electron chi connectivity index (χ3n) is 5.53. The first-order chi connectivity index (χ1) is 10.2. The minimum absolute atomic E-state index is 0.252. The van der Waals surface area contributed by atoms with Crippen molar-refractivity contribution in [1.82, 2.24) is 15.1 Å². The average molecular weight is 324 g/mol. The molecule has 1 saturated heterocycles. The zero-order valence-corrected chi connectivity index (χ0v) is 13.5. The Bertz CT molecular complexity index is 521. The number of likely N-dealkylation sites (tertiary alicyclic amines) is 1. The Balaban J connectivity index is 1.36. The van der Waals surface area contributed by atoms with Crippen LogP contribution in [0.2, 0.25) is 0 Å². The van der Waals surface area contributed by atoms with E-state index in [1.165, 1.54) is 48.8 Å². The third kappa shape index (κ3) is 2.54. The molecule has 0 unspecified atom stereocenters. The van der Waals surface area contributed by atoms with Crippen LogP contribution >= 0.6 is 23.1 Å². The summed E-state index contributed by atoms with van der Waals surface area (Å²) in [4.78, 5) is 14.5. The molecule has 4 aliphatic rings. The van der Waals surface area contributed by atoms with Crippen molar-refractivity contribution in [2.24, 2.45) is 23.7 Å². The van der Waals surface area contributed by atoms with E-state index in [9.17, 15) is 4.79 Å². The second kappa shape index (κ2) is 5.43. The summed E-state index contributed by atoms with van der Waals surface area (Å²) in [6.45, 7) is 1.98. The molecule has 1 aliphatic heterocycles.